The summed E-state index contributed by atoms with van der Waals surface area (Å²) in [5, 5.41) is 5.66. The van der Waals surface area contributed by atoms with E-state index < -0.39 is 17.8 Å². The van der Waals surface area contributed by atoms with E-state index in [1.807, 2.05) is 0 Å². The van der Waals surface area contributed by atoms with Gasteiger partial charge in [-0.3, -0.25) is 9.78 Å². The van der Waals surface area contributed by atoms with Crippen LogP contribution in [-0.2, 0) is 11.0 Å². The molecule has 0 aliphatic heterocycles. The van der Waals surface area contributed by atoms with Gasteiger partial charge in [-0.05, 0) is 64.8 Å². The van der Waals surface area contributed by atoms with Crippen molar-refractivity contribution in [2.24, 2.45) is 0 Å². The second kappa shape index (κ2) is 8.60. The first-order valence-electron chi connectivity index (χ1n) is 8.55. The highest BCUT2D eigenvalue weighted by Crippen LogP contribution is 2.30. The van der Waals surface area contributed by atoms with Gasteiger partial charge in [-0.2, -0.15) is 13.2 Å². The van der Waals surface area contributed by atoms with Crippen molar-refractivity contribution in [3.8, 4) is 0 Å². The van der Waals surface area contributed by atoms with E-state index in [1.165, 1.54) is 6.07 Å². The Morgan fingerprint density at radius 3 is 2.41 bits per heavy atom. The Morgan fingerprint density at radius 2 is 1.76 bits per heavy atom. The second-order valence-electron chi connectivity index (χ2n) is 6.22. The molecule has 0 aliphatic carbocycles. The smallest absolute Gasteiger partial charge is 0.355 e. The Bertz CT molecular complexity index is 1010. The van der Waals surface area contributed by atoms with E-state index in [1.54, 1.807) is 49.5 Å². The van der Waals surface area contributed by atoms with Gasteiger partial charge >= 0.3 is 6.18 Å². The van der Waals surface area contributed by atoms with Crippen molar-refractivity contribution < 1.29 is 18.0 Å². The molecule has 9 heteroatoms. The summed E-state index contributed by atoms with van der Waals surface area (Å²) in [6, 6.07) is 12.8. The Morgan fingerprint density at radius 1 is 1.03 bits per heavy atom. The van der Waals surface area contributed by atoms with Gasteiger partial charge in [0, 0.05) is 23.8 Å². The molecule has 29 heavy (non-hydrogen) atoms. The normalized spacial score (nSPS) is 12.3. The van der Waals surface area contributed by atoms with Crippen molar-refractivity contribution in [3.63, 3.8) is 0 Å². The lowest BCUT2D eigenvalue weighted by molar-refractivity contribution is -0.141. The number of pyridine rings is 2. The van der Waals surface area contributed by atoms with Crippen LogP contribution in [0.5, 0.6) is 0 Å². The fraction of sp³-hybridized carbons (Fsp3) is 0.150. The Labute approximate surface area is 173 Å². The minimum absolute atomic E-state index is 0.228. The number of carbonyl (C=O) groups excluding carboxylic acids is 1. The van der Waals surface area contributed by atoms with Gasteiger partial charge in [-0.15, -0.1) is 0 Å². The van der Waals surface area contributed by atoms with Crippen LogP contribution in [0.15, 0.2) is 65.4 Å². The standard InChI is InChI=1S/C20H16BrF3N4O/c1-12(19(29)28-18-16(21)3-2-9-26-18)13-4-6-14(7-5-13)27-15-8-10-25-17(11-15)20(22,23)24/h2-12H,1H3,(H,25,27)(H,26,28,29). The number of hydrogen-bond donors (Lipinski definition) is 2. The number of anilines is 3. The molecule has 3 rings (SSSR count). The van der Waals surface area contributed by atoms with Gasteiger partial charge in [0.05, 0.1) is 10.4 Å². The van der Waals surface area contributed by atoms with Crippen molar-refractivity contribution in [2.45, 2.75) is 19.0 Å². The molecule has 0 saturated heterocycles. The molecule has 1 unspecified atom stereocenters. The average Bonchev–Trinajstić information content (AvgIpc) is 2.69. The zero-order chi connectivity index (χ0) is 21.0. The van der Waals surface area contributed by atoms with Crippen LogP contribution in [0.1, 0.15) is 24.1 Å². The first kappa shape index (κ1) is 20.8. The molecule has 0 bridgehead atoms. The number of carbonyl (C=O) groups is 1. The molecular formula is C20H16BrF3N4O. The number of halogens is 4. The number of rotatable bonds is 5. The zero-order valence-corrected chi connectivity index (χ0v) is 16.8. The number of benzene rings is 1. The van der Waals surface area contributed by atoms with Gasteiger partial charge in [-0.1, -0.05) is 12.1 Å². The maximum Gasteiger partial charge on any atom is 0.433 e. The van der Waals surface area contributed by atoms with Gasteiger partial charge in [-0.25, -0.2) is 4.98 Å². The molecule has 2 N–H and O–H groups in total. The summed E-state index contributed by atoms with van der Waals surface area (Å²) in [6.07, 6.45) is -1.83. The molecule has 1 aromatic carbocycles. The van der Waals surface area contributed by atoms with Crippen molar-refractivity contribution in [1.29, 1.82) is 0 Å². The summed E-state index contributed by atoms with van der Waals surface area (Å²) in [6.45, 7) is 1.76. The van der Waals surface area contributed by atoms with E-state index in [9.17, 15) is 18.0 Å². The second-order valence-corrected chi connectivity index (χ2v) is 7.07. The molecule has 3 aromatic rings. The topological polar surface area (TPSA) is 66.9 Å². The third kappa shape index (κ3) is 5.32. The van der Waals surface area contributed by atoms with Crippen LogP contribution >= 0.6 is 15.9 Å². The van der Waals surface area contributed by atoms with E-state index in [-0.39, 0.29) is 11.6 Å². The van der Waals surface area contributed by atoms with E-state index in [4.69, 9.17) is 0 Å². The Kier molecular flexibility index (Phi) is 6.17. The summed E-state index contributed by atoms with van der Waals surface area (Å²) in [4.78, 5) is 19.9. The lowest BCUT2D eigenvalue weighted by Crippen LogP contribution is -2.19. The number of hydrogen-bond acceptors (Lipinski definition) is 4. The molecule has 1 atom stereocenters. The summed E-state index contributed by atoms with van der Waals surface area (Å²) in [7, 11) is 0. The lowest BCUT2D eigenvalue weighted by Gasteiger charge is -2.14. The zero-order valence-electron chi connectivity index (χ0n) is 15.2. The molecule has 0 fully saturated rings. The van der Waals surface area contributed by atoms with E-state index in [0.717, 1.165) is 17.8 Å². The SMILES string of the molecule is CC(C(=O)Nc1ncccc1Br)c1ccc(Nc2ccnc(C(F)(F)F)c2)cc1. The van der Waals surface area contributed by atoms with Gasteiger partial charge < -0.3 is 10.6 Å². The van der Waals surface area contributed by atoms with E-state index in [0.29, 0.717) is 16.0 Å². The number of aromatic nitrogens is 2. The summed E-state index contributed by atoms with van der Waals surface area (Å²) < 4.78 is 39.0. The molecule has 1 amide bonds. The van der Waals surface area contributed by atoms with E-state index in [2.05, 4.69) is 36.5 Å². The van der Waals surface area contributed by atoms with Gasteiger partial charge in [0.1, 0.15) is 11.5 Å². The van der Waals surface area contributed by atoms with E-state index >= 15 is 0 Å². The third-order valence-corrected chi connectivity index (χ3v) is 4.78. The van der Waals surface area contributed by atoms with Crippen molar-refractivity contribution in [2.75, 3.05) is 10.6 Å². The molecule has 0 saturated carbocycles. The van der Waals surface area contributed by atoms with Crippen molar-refractivity contribution in [1.82, 2.24) is 9.97 Å². The molecule has 5 nitrogen and oxygen atoms in total. The van der Waals surface area contributed by atoms with Crippen LogP contribution in [-0.4, -0.2) is 15.9 Å². The van der Waals surface area contributed by atoms with Gasteiger partial charge in [0.15, 0.2) is 0 Å². The number of nitrogens with one attached hydrogen (secondary N) is 2. The number of nitrogens with zero attached hydrogens (tertiary/aromatic N) is 2. The molecule has 0 aliphatic rings. The van der Waals surface area contributed by atoms with Crippen LogP contribution < -0.4 is 10.6 Å². The van der Waals surface area contributed by atoms with Crippen LogP contribution in [0.3, 0.4) is 0 Å². The fourth-order valence-electron chi connectivity index (χ4n) is 2.54. The van der Waals surface area contributed by atoms with Crippen molar-refractivity contribution in [3.05, 3.63) is 76.7 Å². The van der Waals surface area contributed by atoms with Gasteiger partial charge in [0.2, 0.25) is 5.91 Å². The molecule has 2 heterocycles. The minimum Gasteiger partial charge on any atom is -0.355 e. The molecule has 150 valence electrons. The predicted octanol–water partition coefficient (Wildman–Crippen LogP) is 5.74. The largest absolute Gasteiger partial charge is 0.433 e. The maximum absolute atomic E-state index is 12.8. The fourth-order valence-corrected chi connectivity index (χ4v) is 2.89. The average molecular weight is 465 g/mol. The van der Waals surface area contributed by atoms with Gasteiger partial charge in [0.25, 0.3) is 0 Å². The molecular weight excluding hydrogens is 449 g/mol. The lowest BCUT2D eigenvalue weighted by atomic mass is 10.00. The summed E-state index contributed by atoms with van der Waals surface area (Å²) in [5.41, 5.74) is 0.648. The van der Waals surface area contributed by atoms with Crippen LogP contribution in [0, 0.1) is 0 Å². The molecule has 2 aromatic heterocycles. The third-order valence-electron chi connectivity index (χ3n) is 4.14. The number of alkyl halides is 3. The molecule has 0 spiro atoms. The highest BCUT2D eigenvalue weighted by Gasteiger charge is 2.32. The highest BCUT2D eigenvalue weighted by molar-refractivity contribution is 9.10. The summed E-state index contributed by atoms with van der Waals surface area (Å²) >= 11 is 3.33. The van der Waals surface area contributed by atoms with Crippen LogP contribution in [0.2, 0.25) is 0 Å². The first-order chi connectivity index (χ1) is 13.7. The monoisotopic (exact) mass is 464 g/mol. The maximum atomic E-state index is 12.8. The first-order valence-corrected chi connectivity index (χ1v) is 9.35. The minimum atomic E-state index is -4.51. The predicted molar refractivity (Wildman–Crippen MR) is 108 cm³/mol. The Balaban J connectivity index is 1.68. The highest BCUT2D eigenvalue weighted by atomic mass is 79.9. The summed E-state index contributed by atoms with van der Waals surface area (Å²) in [5.74, 6) is -0.245. The Hall–Kier alpha value is -2.94. The van der Waals surface area contributed by atoms with Crippen LogP contribution in [0.4, 0.5) is 30.4 Å². The quantitative estimate of drug-likeness (QED) is 0.504. The van der Waals surface area contributed by atoms with Crippen LogP contribution in [0.25, 0.3) is 0 Å². The number of amides is 1. The molecule has 0 radical (unpaired) electrons. The van der Waals surface area contributed by atoms with Crippen molar-refractivity contribution >= 4 is 39.0 Å².